The van der Waals surface area contributed by atoms with Gasteiger partial charge in [0.25, 0.3) is 0 Å². The molecule has 18 heavy (non-hydrogen) atoms. The minimum absolute atomic E-state index is 0.469. The van der Waals surface area contributed by atoms with Crippen LogP contribution in [0.4, 0.5) is 0 Å². The molecule has 0 saturated carbocycles. The molecule has 1 N–H and O–H groups in total. The predicted molar refractivity (Wildman–Crippen MR) is 75.9 cm³/mol. The van der Waals surface area contributed by atoms with Gasteiger partial charge in [-0.3, -0.25) is 0 Å². The number of nitrogens with zero attached hydrogens (tertiary/aromatic N) is 1. The van der Waals surface area contributed by atoms with E-state index >= 15 is 0 Å². The summed E-state index contributed by atoms with van der Waals surface area (Å²) in [7, 11) is 0. The summed E-state index contributed by atoms with van der Waals surface area (Å²) in [6, 6.07) is 0. The minimum atomic E-state index is 0.469. The van der Waals surface area contributed by atoms with Crippen molar-refractivity contribution in [3.8, 4) is 0 Å². The van der Waals surface area contributed by atoms with Crippen molar-refractivity contribution in [1.82, 2.24) is 10.2 Å². The highest BCUT2D eigenvalue weighted by atomic mass is 16.5. The highest BCUT2D eigenvalue weighted by Crippen LogP contribution is 2.33. The van der Waals surface area contributed by atoms with Gasteiger partial charge in [0.2, 0.25) is 0 Å². The lowest BCUT2D eigenvalue weighted by molar-refractivity contribution is -0.00121. The maximum atomic E-state index is 5.57. The quantitative estimate of drug-likeness (QED) is 0.786. The number of rotatable bonds is 6. The number of ether oxygens (including phenoxy) is 1. The smallest absolute Gasteiger partial charge is 0.0472 e. The molecule has 1 atom stereocenters. The summed E-state index contributed by atoms with van der Waals surface area (Å²) in [5.41, 5.74) is 0.469. The summed E-state index contributed by atoms with van der Waals surface area (Å²) in [6.45, 7) is 12.6. The second-order valence-electron chi connectivity index (χ2n) is 6.19. The van der Waals surface area contributed by atoms with E-state index in [4.69, 9.17) is 4.74 Å². The molecule has 0 radical (unpaired) electrons. The molecule has 2 aliphatic heterocycles. The molecule has 106 valence electrons. The summed E-state index contributed by atoms with van der Waals surface area (Å²) in [4.78, 5) is 2.71. The highest BCUT2D eigenvalue weighted by Gasteiger charge is 2.35. The van der Waals surface area contributed by atoms with Crippen LogP contribution < -0.4 is 5.32 Å². The van der Waals surface area contributed by atoms with Gasteiger partial charge >= 0.3 is 0 Å². The van der Waals surface area contributed by atoms with Gasteiger partial charge in [0.15, 0.2) is 0 Å². The Morgan fingerprint density at radius 3 is 2.67 bits per heavy atom. The van der Waals surface area contributed by atoms with Crippen molar-refractivity contribution in [3.05, 3.63) is 0 Å². The van der Waals surface area contributed by atoms with Crippen molar-refractivity contribution >= 4 is 0 Å². The average molecular weight is 254 g/mol. The number of hydrogen-bond acceptors (Lipinski definition) is 3. The molecule has 1 unspecified atom stereocenters. The molecule has 0 bridgehead atoms. The Morgan fingerprint density at radius 2 is 2.06 bits per heavy atom. The van der Waals surface area contributed by atoms with Gasteiger partial charge < -0.3 is 15.0 Å². The molecule has 0 amide bonds. The van der Waals surface area contributed by atoms with Gasteiger partial charge in [-0.2, -0.15) is 0 Å². The summed E-state index contributed by atoms with van der Waals surface area (Å²) in [5.74, 6) is 0.945. The van der Waals surface area contributed by atoms with Crippen molar-refractivity contribution in [2.75, 3.05) is 45.9 Å². The largest absolute Gasteiger partial charge is 0.381 e. The van der Waals surface area contributed by atoms with Gasteiger partial charge in [-0.15, -0.1) is 0 Å². The molecule has 0 aliphatic carbocycles. The highest BCUT2D eigenvalue weighted by molar-refractivity contribution is 4.89. The Hall–Kier alpha value is -0.120. The maximum Gasteiger partial charge on any atom is 0.0472 e. The van der Waals surface area contributed by atoms with Crippen LogP contribution in [0, 0.1) is 11.3 Å². The summed E-state index contributed by atoms with van der Waals surface area (Å²) >= 11 is 0. The van der Waals surface area contributed by atoms with E-state index in [9.17, 15) is 0 Å². The van der Waals surface area contributed by atoms with E-state index < -0.39 is 0 Å². The third kappa shape index (κ3) is 3.69. The van der Waals surface area contributed by atoms with Crippen LogP contribution in [0.15, 0.2) is 0 Å². The minimum Gasteiger partial charge on any atom is -0.381 e. The van der Waals surface area contributed by atoms with Crippen molar-refractivity contribution in [3.63, 3.8) is 0 Å². The van der Waals surface area contributed by atoms with E-state index in [1.165, 1.54) is 51.9 Å². The van der Waals surface area contributed by atoms with Crippen LogP contribution in [0.25, 0.3) is 0 Å². The molecule has 2 fully saturated rings. The molecule has 2 aliphatic rings. The van der Waals surface area contributed by atoms with Crippen LogP contribution in [0.1, 0.15) is 39.5 Å². The van der Waals surface area contributed by atoms with Crippen LogP contribution in [0.5, 0.6) is 0 Å². The first-order chi connectivity index (χ1) is 8.78. The van der Waals surface area contributed by atoms with Crippen molar-refractivity contribution in [2.24, 2.45) is 11.3 Å². The Labute approximate surface area is 112 Å². The SMILES string of the molecule is CCNCC1(CN2CCC(CC)C2)CCOCC1. The zero-order valence-corrected chi connectivity index (χ0v) is 12.2. The van der Waals surface area contributed by atoms with E-state index in [-0.39, 0.29) is 0 Å². The van der Waals surface area contributed by atoms with E-state index in [0.717, 1.165) is 25.7 Å². The second-order valence-corrected chi connectivity index (χ2v) is 6.19. The van der Waals surface area contributed by atoms with Crippen LogP contribution in [0.3, 0.4) is 0 Å². The summed E-state index contributed by atoms with van der Waals surface area (Å²) < 4.78 is 5.57. The van der Waals surface area contributed by atoms with E-state index in [1.807, 2.05) is 0 Å². The molecule has 3 nitrogen and oxygen atoms in total. The maximum absolute atomic E-state index is 5.57. The molecule has 0 aromatic carbocycles. The normalized spacial score (nSPS) is 28.7. The number of likely N-dealkylation sites (tertiary alicyclic amines) is 1. The molecule has 2 heterocycles. The third-order valence-corrected chi connectivity index (χ3v) is 4.81. The first-order valence-electron chi connectivity index (χ1n) is 7.79. The van der Waals surface area contributed by atoms with Gasteiger partial charge in [-0.05, 0) is 43.7 Å². The predicted octanol–water partition coefficient (Wildman–Crippen LogP) is 2.12. The zero-order chi connectivity index (χ0) is 12.8. The zero-order valence-electron chi connectivity index (χ0n) is 12.2. The third-order valence-electron chi connectivity index (χ3n) is 4.81. The molecular formula is C15H30N2O. The van der Waals surface area contributed by atoms with Crippen molar-refractivity contribution in [1.29, 1.82) is 0 Å². The van der Waals surface area contributed by atoms with E-state index in [1.54, 1.807) is 0 Å². The molecule has 0 aromatic heterocycles. The molecule has 0 spiro atoms. The van der Waals surface area contributed by atoms with Crippen LogP contribution in [-0.2, 0) is 4.74 Å². The first kappa shape index (κ1) is 14.3. The van der Waals surface area contributed by atoms with Crippen LogP contribution in [-0.4, -0.2) is 50.8 Å². The lowest BCUT2D eigenvalue weighted by Crippen LogP contribution is -2.47. The monoisotopic (exact) mass is 254 g/mol. The summed E-state index contributed by atoms with van der Waals surface area (Å²) in [6.07, 6.45) is 5.21. The Morgan fingerprint density at radius 1 is 1.28 bits per heavy atom. The van der Waals surface area contributed by atoms with E-state index in [0.29, 0.717) is 5.41 Å². The number of nitrogens with one attached hydrogen (secondary N) is 1. The average Bonchev–Trinajstić information content (AvgIpc) is 2.85. The lowest BCUT2D eigenvalue weighted by Gasteiger charge is -2.40. The molecule has 3 heteroatoms. The van der Waals surface area contributed by atoms with E-state index in [2.05, 4.69) is 24.1 Å². The van der Waals surface area contributed by atoms with Crippen molar-refractivity contribution in [2.45, 2.75) is 39.5 Å². The van der Waals surface area contributed by atoms with Gasteiger partial charge in [0.1, 0.15) is 0 Å². The Kier molecular flexibility index (Phi) is 5.46. The second kappa shape index (κ2) is 6.88. The fraction of sp³-hybridized carbons (Fsp3) is 1.00. The lowest BCUT2D eigenvalue weighted by atomic mass is 9.79. The van der Waals surface area contributed by atoms with Gasteiger partial charge in [0.05, 0.1) is 0 Å². The molecule has 2 saturated heterocycles. The standard InChI is InChI=1S/C15H30N2O/c1-3-14-5-8-17(11-14)13-15(12-16-4-2)6-9-18-10-7-15/h14,16H,3-13H2,1-2H3. The Bertz CT molecular complexity index is 239. The fourth-order valence-electron chi connectivity index (χ4n) is 3.45. The van der Waals surface area contributed by atoms with Gasteiger partial charge in [-0.25, -0.2) is 0 Å². The topological polar surface area (TPSA) is 24.5 Å². The molecular weight excluding hydrogens is 224 g/mol. The molecule has 2 rings (SSSR count). The Balaban J connectivity index is 1.88. The van der Waals surface area contributed by atoms with Crippen LogP contribution >= 0.6 is 0 Å². The number of hydrogen-bond donors (Lipinski definition) is 1. The first-order valence-corrected chi connectivity index (χ1v) is 7.79. The summed E-state index contributed by atoms with van der Waals surface area (Å²) in [5, 5.41) is 3.58. The fourth-order valence-corrected chi connectivity index (χ4v) is 3.45. The van der Waals surface area contributed by atoms with Crippen molar-refractivity contribution < 1.29 is 4.74 Å². The molecule has 0 aromatic rings. The van der Waals surface area contributed by atoms with Gasteiger partial charge in [-0.1, -0.05) is 20.3 Å². The van der Waals surface area contributed by atoms with Crippen LogP contribution in [0.2, 0.25) is 0 Å². The van der Waals surface area contributed by atoms with Gasteiger partial charge in [0, 0.05) is 32.8 Å².